The molecule has 0 N–H and O–H groups in total. The van der Waals surface area contributed by atoms with Gasteiger partial charge in [0.05, 0.1) is 9.49 Å². The fourth-order valence-electron chi connectivity index (χ4n) is 11.2. The average Bonchev–Trinajstić information content (AvgIpc) is 1.53. The number of unbranched alkanes of at least 4 members (excludes halogenated alkanes) is 6. The average molecular weight is 1250 g/mol. The summed E-state index contributed by atoms with van der Waals surface area (Å²) in [4.78, 5) is 44.0. The van der Waals surface area contributed by atoms with Crippen LogP contribution in [0.3, 0.4) is 0 Å². The van der Waals surface area contributed by atoms with E-state index in [0.29, 0.717) is 38.2 Å². The van der Waals surface area contributed by atoms with E-state index in [4.69, 9.17) is 9.47 Å². The van der Waals surface area contributed by atoms with Crippen molar-refractivity contribution in [1.82, 2.24) is 9.80 Å². The number of carbonyl (C=O) groups is 3. The fourth-order valence-corrected chi connectivity index (χ4v) is 14.3. The zero-order valence-corrected chi connectivity index (χ0v) is 52.1. The first kappa shape index (κ1) is 67.1. The smallest absolute Gasteiger partial charge is 0.426 e. The summed E-state index contributed by atoms with van der Waals surface area (Å²) in [6, 6.07) is 69.7. The number of carbonyl (C=O) groups excluding carboxylic acids is 3. The number of halogens is 5. The van der Waals surface area contributed by atoms with Gasteiger partial charge in [-0.3, -0.25) is 4.79 Å². The molecule has 0 spiro atoms. The first-order valence-corrected chi connectivity index (χ1v) is 32.7. The van der Waals surface area contributed by atoms with E-state index in [1.807, 2.05) is 78.7 Å². The van der Waals surface area contributed by atoms with Crippen molar-refractivity contribution in [3.63, 3.8) is 0 Å². The van der Waals surface area contributed by atoms with Crippen LogP contribution in [-0.2, 0) is 19.0 Å². The lowest BCUT2D eigenvalue weighted by Crippen LogP contribution is -2.33. The van der Waals surface area contributed by atoms with Gasteiger partial charge in [0.2, 0.25) is 40.7 Å². The Balaban J connectivity index is 0.942. The van der Waals surface area contributed by atoms with E-state index in [1.165, 1.54) is 62.5 Å². The van der Waals surface area contributed by atoms with Crippen LogP contribution < -0.4 is 9.47 Å². The van der Waals surface area contributed by atoms with E-state index in [9.17, 15) is 36.3 Å². The number of benzene rings is 8. The summed E-state index contributed by atoms with van der Waals surface area (Å²) in [6.45, 7) is 5.71. The highest BCUT2D eigenvalue weighted by Crippen LogP contribution is 2.50. The summed E-state index contributed by atoms with van der Waals surface area (Å²) in [5.41, 5.74) is 7.57. The van der Waals surface area contributed by atoms with Crippen molar-refractivity contribution in [3.05, 3.63) is 274 Å². The first-order chi connectivity index (χ1) is 43.4. The van der Waals surface area contributed by atoms with Crippen LogP contribution >= 0.6 is 23.5 Å². The Labute approximate surface area is 529 Å². The molecule has 0 aliphatic heterocycles. The minimum absolute atomic E-state index is 0.00671. The van der Waals surface area contributed by atoms with E-state index >= 15 is 0 Å². The SMILES string of the molecule is CCCN(CC)C(=O)Oc1ccc(C(CCCC(=O)N(CCCCCCSC(c2ccccc2)(c2ccccc2)c2ccccc2)CCCCCCSC(c2ccccc2)(c2ccccc2)c2ccccc2)OC(=O)Oc2c(F)c(F)c(F)c(F)c2F)cc1. The molecule has 0 bridgehead atoms. The van der Waals surface area contributed by atoms with Gasteiger partial charge in [0.15, 0.2) is 0 Å². The maximum atomic E-state index is 14.7. The van der Waals surface area contributed by atoms with E-state index < -0.39 is 62.7 Å². The minimum atomic E-state index is -2.42. The summed E-state index contributed by atoms with van der Waals surface area (Å²) in [6.07, 6.45) is 4.52. The van der Waals surface area contributed by atoms with Gasteiger partial charge in [0.1, 0.15) is 11.9 Å². The molecule has 2 amide bonds. The number of hydrogen-bond donors (Lipinski definition) is 0. The van der Waals surface area contributed by atoms with Gasteiger partial charge >= 0.3 is 12.2 Å². The van der Waals surface area contributed by atoms with Crippen LogP contribution in [0.15, 0.2) is 206 Å². The van der Waals surface area contributed by atoms with Gasteiger partial charge in [-0.2, -0.15) is 8.78 Å². The fraction of sp³-hybridized carbons (Fsp3) is 0.311. The molecule has 0 aliphatic rings. The Hall–Kier alpha value is -7.88. The molecule has 466 valence electrons. The normalized spacial score (nSPS) is 11.9. The van der Waals surface area contributed by atoms with E-state index in [0.717, 1.165) is 62.9 Å². The highest BCUT2D eigenvalue weighted by molar-refractivity contribution is 8.00. The molecule has 0 heterocycles. The molecule has 0 fully saturated rings. The standard InChI is InChI=1S/C74H77F5N2O6S2/c1-3-50-80(4-2)71(83)85-62-48-46-55(47-49-62)63(86-72(84)87-70-68(78)66(76)65(75)67(77)69(70)79)44-31-45-64(82)81(51-27-5-7-29-53-88-73(56-32-15-9-16-33-56,57-34-17-10-18-35-57)58-36-19-11-20-37-58)52-28-6-8-30-54-89-74(59-38-21-12-22-39-59,60-40-23-13-24-41-60)61-42-25-14-26-43-61/h9-26,32-43,46-49,63H,3-8,27-31,44-45,50-54H2,1-2H3. The predicted molar refractivity (Wildman–Crippen MR) is 347 cm³/mol. The second-order valence-corrected chi connectivity index (χ2v) is 24.3. The molecule has 0 aliphatic carbocycles. The van der Waals surface area contributed by atoms with Crippen LogP contribution in [0.25, 0.3) is 0 Å². The Morgan fingerprint density at radius 3 is 1.17 bits per heavy atom. The lowest BCUT2D eigenvalue weighted by Gasteiger charge is -2.35. The molecule has 1 atom stereocenters. The van der Waals surface area contributed by atoms with Crippen molar-refractivity contribution in [2.24, 2.45) is 0 Å². The largest absolute Gasteiger partial charge is 0.514 e. The molecule has 0 saturated heterocycles. The summed E-state index contributed by atoms with van der Waals surface area (Å²) < 4.78 is 86.5. The van der Waals surface area contributed by atoms with Crippen LogP contribution in [-0.4, -0.2) is 65.6 Å². The van der Waals surface area contributed by atoms with E-state index in [1.54, 1.807) is 0 Å². The Morgan fingerprint density at radius 2 is 0.798 bits per heavy atom. The van der Waals surface area contributed by atoms with Crippen molar-refractivity contribution >= 4 is 41.7 Å². The van der Waals surface area contributed by atoms with Crippen LogP contribution in [0.2, 0.25) is 0 Å². The van der Waals surface area contributed by atoms with Crippen LogP contribution in [0.4, 0.5) is 31.5 Å². The monoisotopic (exact) mass is 1250 g/mol. The molecule has 1 unspecified atom stereocenters. The highest BCUT2D eigenvalue weighted by atomic mass is 32.2. The Morgan fingerprint density at radius 1 is 0.427 bits per heavy atom. The molecular formula is C74H77F5N2O6S2. The van der Waals surface area contributed by atoms with Crippen molar-refractivity contribution < 1.29 is 50.5 Å². The van der Waals surface area contributed by atoms with Gasteiger partial charge in [0.25, 0.3) is 0 Å². The lowest BCUT2D eigenvalue weighted by atomic mass is 9.84. The van der Waals surface area contributed by atoms with Gasteiger partial charge in [-0.05, 0) is 114 Å². The molecule has 89 heavy (non-hydrogen) atoms. The van der Waals surface area contributed by atoms with Crippen LogP contribution in [0, 0.1) is 29.1 Å². The maximum absolute atomic E-state index is 14.7. The summed E-state index contributed by atoms with van der Waals surface area (Å²) >= 11 is 3.87. The van der Waals surface area contributed by atoms with Crippen LogP contribution in [0.1, 0.15) is 136 Å². The highest BCUT2D eigenvalue weighted by Gasteiger charge is 2.38. The molecular weight excluding hydrogens is 1170 g/mol. The third kappa shape index (κ3) is 17.5. The lowest BCUT2D eigenvalue weighted by molar-refractivity contribution is -0.131. The van der Waals surface area contributed by atoms with E-state index in [2.05, 4.69) is 150 Å². The van der Waals surface area contributed by atoms with Crippen LogP contribution in [0.5, 0.6) is 11.5 Å². The number of nitrogens with zero attached hydrogens (tertiary/aromatic N) is 2. The summed E-state index contributed by atoms with van der Waals surface area (Å²) in [5.74, 6) is -11.7. The maximum Gasteiger partial charge on any atom is 0.514 e. The topological polar surface area (TPSA) is 85.4 Å². The van der Waals surface area contributed by atoms with E-state index in [-0.39, 0.29) is 30.9 Å². The number of thioether (sulfide) groups is 2. The Kier molecular flexibility index (Phi) is 25.8. The van der Waals surface area contributed by atoms with Gasteiger partial charge in [-0.1, -0.05) is 227 Å². The molecule has 0 aromatic heterocycles. The van der Waals surface area contributed by atoms with Crippen molar-refractivity contribution in [2.75, 3.05) is 37.7 Å². The van der Waals surface area contributed by atoms with Crippen molar-refractivity contribution in [3.8, 4) is 11.5 Å². The summed E-state index contributed by atoms with van der Waals surface area (Å²) in [7, 11) is 0. The molecule has 8 aromatic rings. The predicted octanol–water partition coefficient (Wildman–Crippen LogP) is 19.4. The Bertz CT molecular complexity index is 3090. The summed E-state index contributed by atoms with van der Waals surface area (Å²) in [5, 5.41) is 0. The third-order valence-electron chi connectivity index (χ3n) is 15.8. The quantitative estimate of drug-likeness (QED) is 0.00765. The molecule has 0 saturated carbocycles. The zero-order valence-electron chi connectivity index (χ0n) is 50.5. The molecule has 8 rings (SSSR count). The molecule has 8 nitrogen and oxygen atoms in total. The minimum Gasteiger partial charge on any atom is -0.426 e. The van der Waals surface area contributed by atoms with Crippen molar-refractivity contribution in [1.29, 1.82) is 0 Å². The number of ether oxygens (including phenoxy) is 3. The van der Waals surface area contributed by atoms with Gasteiger partial charge < -0.3 is 24.0 Å². The first-order valence-electron chi connectivity index (χ1n) is 30.8. The van der Waals surface area contributed by atoms with Gasteiger partial charge in [-0.25, -0.2) is 22.8 Å². The third-order valence-corrected chi connectivity index (χ3v) is 19.0. The second-order valence-electron chi connectivity index (χ2n) is 21.7. The number of rotatable bonds is 33. The number of hydrogen-bond acceptors (Lipinski definition) is 8. The molecule has 15 heteroatoms. The second kappa shape index (κ2) is 34.2. The zero-order chi connectivity index (χ0) is 62.9. The van der Waals surface area contributed by atoms with Crippen molar-refractivity contribution in [2.45, 2.75) is 106 Å². The molecule has 8 aromatic carbocycles. The number of amides is 2. The molecule has 0 radical (unpaired) electrons. The van der Waals surface area contributed by atoms with Gasteiger partial charge in [-0.15, -0.1) is 23.5 Å². The van der Waals surface area contributed by atoms with Gasteiger partial charge in [0, 0.05) is 32.6 Å².